The van der Waals surface area contributed by atoms with Crippen LogP contribution in [0.3, 0.4) is 0 Å². The van der Waals surface area contributed by atoms with Gasteiger partial charge in [-0.05, 0) is 31.0 Å². The maximum Gasteiger partial charge on any atom is 0.193 e. The van der Waals surface area contributed by atoms with Gasteiger partial charge < -0.3 is 14.8 Å². The van der Waals surface area contributed by atoms with E-state index in [1.165, 1.54) is 11.1 Å². The van der Waals surface area contributed by atoms with Crippen LogP contribution in [0.1, 0.15) is 17.8 Å². The van der Waals surface area contributed by atoms with Gasteiger partial charge in [-0.1, -0.05) is 42.5 Å². The molecule has 0 aliphatic rings. The Hall–Kier alpha value is -2.09. The van der Waals surface area contributed by atoms with Crippen molar-refractivity contribution in [3.63, 3.8) is 0 Å². The average Bonchev–Trinajstić information content (AvgIpc) is 2.98. The number of guanidine groups is 1. The van der Waals surface area contributed by atoms with Gasteiger partial charge in [0.05, 0.1) is 11.0 Å². The molecule has 0 fully saturated rings. The molecule has 1 aromatic heterocycles. The number of rotatable bonds is 6. The van der Waals surface area contributed by atoms with Crippen molar-refractivity contribution in [3.8, 4) is 0 Å². The summed E-state index contributed by atoms with van der Waals surface area (Å²) in [6.07, 6.45) is 1.01. The summed E-state index contributed by atoms with van der Waals surface area (Å²) in [5.41, 5.74) is 3.55. The van der Waals surface area contributed by atoms with Gasteiger partial charge in [-0.25, -0.2) is 4.98 Å². The zero-order chi connectivity index (χ0) is 18.4. The van der Waals surface area contributed by atoms with Crippen molar-refractivity contribution in [3.05, 3.63) is 66.0 Å². The van der Waals surface area contributed by atoms with Crippen molar-refractivity contribution in [2.75, 3.05) is 20.6 Å². The monoisotopic (exact) mass is 477 g/mol. The number of benzene rings is 2. The van der Waals surface area contributed by atoms with Crippen molar-refractivity contribution in [2.24, 2.45) is 4.99 Å². The van der Waals surface area contributed by atoms with E-state index in [-0.39, 0.29) is 24.0 Å². The van der Waals surface area contributed by atoms with Crippen LogP contribution < -0.4 is 5.32 Å². The van der Waals surface area contributed by atoms with Crippen LogP contribution in [-0.4, -0.2) is 41.1 Å². The molecule has 1 N–H and O–H groups in total. The highest BCUT2D eigenvalue weighted by Gasteiger charge is 2.08. The summed E-state index contributed by atoms with van der Waals surface area (Å²) in [4.78, 5) is 11.2. The number of hydrogen-bond acceptors (Lipinski definition) is 2. The number of hydrogen-bond donors (Lipinski definition) is 1. The summed E-state index contributed by atoms with van der Waals surface area (Å²) < 4.78 is 2.29. The molecule has 0 radical (unpaired) electrons. The Kier molecular flexibility index (Phi) is 8.09. The van der Waals surface area contributed by atoms with E-state index in [9.17, 15) is 0 Å². The fraction of sp³-hybridized carbons (Fsp3) is 0.333. The van der Waals surface area contributed by atoms with E-state index in [1.54, 1.807) is 0 Å². The van der Waals surface area contributed by atoms with E-state index in [0.29, 0.717) is 0 Å². The van der Waals surface area contributed by atoms with Gasteiger partial charge in [0.1, 0.15) is 5.82 Å². The molecule has 5 nitrogen and oxygen atoms in total. The summed E-state index contributed by atoms with van der Waals surface area (Å²) in [5, 5.41) is 3.46. The Morgan fingerprint density at radius 1 is 1.11 bits per heavy atom. The van der Waals surface area contributed by atoms with E-state index < -0.39 is 0 Å². The maximum atomic E-state index is 4.63. The van der Waals surface area contributed by atoms with Crippen molar-refractivity contribution in [1.82, 2.24) is 19.8 Å². The molecule has 1 heterocycles. The zero-order valence-corrected chi connectivity index (χ0v) is 18.6. The summed E-state index contributed by atoms with van der Waals surface area (Å²) in [6, 6.07) is 18.7. The number of para-hydroxylation sites is 2. The molecule has 3 rings (SSSR count). The van der Waals surface area contributed by atoms with Gasteiger partial charge in [-0.2, -0.15) is 0 Å². The van der Waals surface area contributed by atoms with Gasteiger partial charge in [0.15, 0.2) is 5.96 Å². The molecule has 0 aliphatic carbocycles. The maximum absolute atomic E-state index is 4.63. The van der Waals surface area contributed by atoms with Crippen molar-refractivity contribution in [2.45, 2.75) is 26.4 Å². The molecular formula is C21H28IN5. The highest BCUT2D eigenvalue weighted by atomic mass is 127. The lowest BCUT2D eigenvalue weighted by molar-refractivity contribution is 0.473. The van der Waals surface area contributed by atoms with Gasteiger partial charge in [-0.15, -0.1) is 24.0 Å². The van der Waals surface area contributed by atoms with Crippen LogP contribution >= 0.6 is 24.0 Å². The first kappa shape index (κ1) is 21.2. The lowest BCUT2D eigenvalue weighted by Crippen LogP contribution is -2.39. The molecule has 0 spiro atoms. The van der Waals surface area contributed by atoms with Crippen LogP contribution in [0.25, 0.3) is 11.0 Å². The van der Waals surface area contributed by atoms with E-state index >= 15 is 0 Å². The third-order valence-electron chi connectivity index (χ3n) is 4.52. The third kappa shape index (κ3) is 5.45. The summed E-state index contributed by atoms with van der Waals surface area (Å²) in [7, 11) is 3.90. The highest BCUT2D eigenvalue weighted by molar-refractivity contribution is 14.0. The van der Waals surface area contributed by atoms with E-state index in [2.05, 4.69) is 81.2 Å². The fourth-order valence-corrected chi connectivity index (χ4v) is 3.23. The highest BCUT2D eigenvalue weighted by Crippen LogP contribution is 2.15. The number of nitrogens with zero attached hydrogens (tertiary/aromatic N) is 4. The molecule has 3 aromatic rings. The van der Waals surface area contributed by atoms with Gasteiger partial charge >= 0.3 is 0 Å². The number of fused-ring (bicyclic) bond motifs is 1. The van der Waals surface area contributed by atoms with Gasteiger partial charge in [-0.3, -0.25) is 4.99 Å². The molecule has 6 heteroatoms. The third-order valence-corrected chi connectivity index (χ3v) is 4.52. The number of aryl methyl sites for hydroxylation is 2. The number of aliphatic imine (C=N–C) groups is 1. The predicted octanol–water partition coefficient (Wildman–Crippen LogP) is 4.06. The molecule has 0 saturated heterocycles. The SMILES string of the molecule is CN=C(NCCCn1c(C)nc2ccccc21)N(C)Cc1ccccc1.I. The Labute approximate surface area is 178 Å². The minimum absolute atomic E-state index is 0. The minimum Gasteiger partial charge on any atom is -0.356 e. The largest absolute Gasteiger partial charge is 0.356 e. The molecule has 2 aromatic carbocycles. The summed E-state index contributed by atoms with van der Waals surface area (Å²) in [6.45, 7) is 4.72. The topological polar surface area (TPSA) is 45.5 Å². The van der Waals surface area contributed by atoms with E-state index in [1.807, 2.05) is 19.2 Å². The Morgan fingerprint density at radius 2 is 1.81 bits per heavy atom. The minimum atomic E-state index is 0. The fourth-order valence-electron chi connectivity index (χ4n) is 3.23. The lowest BCUT2D eigenvalue weighted by atomic mass is 10.2. The van der Waals surface area contributed by atoms with Crippen molar-refractivity contribution >= 4 is 41.0 Å². The smallest absolute Gasteiger partial charge is 0.193 e. The quantitative estimate of drug-likeness (QED) is 0.252. The standard InChI is InChI=1S/C21H27N5.HI/c1-17-24-19-12-7-8-13-20(19)26(17)15-9-14-23-21(22-2)25(3)16-18-10-5-4-6-11-18;/h4-8,10-13H,9,14-16H2,1-3H3,(H,22,23);1H. The Balaban J connectivity index is 0.00000261. The number of imidazole rings is 1. The molecule has 0 amide bonds. The predicted molar refractivity (Wildman–Crippen MR) is 124 cm³/mol. The van der Waals surface area contributed by atoms with Gasteiger partial charge in [0.25, 0.3) is 0 Å². The molecule has 0 aliphatic heterocycles. The molecule has 0 unspecified atom stereocenters. The van der Waals surface area contributed by atoms with E-state index in [0.717, 1.165) is 43.4 Å². The lowest BCUT2D eigenvalue weighted by Gasteiger charge is -2.22. The van der Waals surface area contributed by atoms with Gasteiger partial charge in [0, 0.05) is 33.7 Å². The second kappa shape index (κ2) is 10.3. The normalized spacial score (nSPS) is 11.3. The molecule has 144 valence electrons. The number of halogens is 1. The zero-order valence-electron chi connectivity index (χ0n) is 16.2. The summed E-state index contributed by atoms with van der Waals surface area (Å²) in [5.74, 6) is 1.98. The molecule has 0 bridgehead atoms. The first-order valence-electron chi connectivity index (χ1n) is 9.06. The Morgan fingerprint density at radius 3 is 2.56 bits per heavy atom. The summed E-state index contributed by atoms with van der Waals surface area (Å²) >= 11 is 0. The molecular weight excluding hydrogens is 449 g/mol. The van der Waals surface area contributed by atoms with Gasteiger partial charge in [0.2, 0.25) is 0 Å². The van der Waals surface area contributed by atoms with Crippen LogP contribution in [0.4, 0.5) is 0 Å². The van der Waals surface area contributed by atoms with Crippen LogP contribution in [0.5, 0.6) is 0 Å². The van der Waals surface area contributed by atoms with Crippen molar-refractivity contribution < 1.29 is 0 Å². The van der Waals surface area contributed by atoms with Crippen LogP contribution in [0.2, 0.25) is 0 Å². The van der Waals surface area contributed by atoms with Crippen LogP contribution in [-0.2, 0) is 13.1 Å². The average molecular weight is 477 g/mol. The second-order valence-electron chi connectivity index (χ2n) is 6.47. The molecule has 0 atom stereocenters. The molecule has 27 heavy (non-hydrogen) atoms. The van der Waals surface area contributed by atoms with E-state index in [4.69, 9.17) is 0 Å². The Bertz CT molecular complexity index is 873. The van der Waals surface area contributed by atoms with Crippen LogP contribution in [0.15, 0.2) is 59.6 Å². The first-order chi connectivity index (χ1) is 12.7. The molecule has 0 saturated carbocycles. The number of aromatic nitrogens is 2. The van der Waals surface area contributed by atoms with Crippen molar-refractivity contribution in [1.29, 1.82) is 0 Å². The first-order valence-corrected chi connectivity index (χ1v) is 9.06. The number of nitrogens with one attached hydrogen (secondary N) is 1. The van der Waals surface area contributed by atoms with Crippen LogP contribution in [0, 0.1) is 6.92 Å². The second-order valence-corrected chi connectivity index (χ2v) is 6.47.